The highest BCUT2D eigenvalue weighted by Crippen LogP contribution is 2.27. The van der Waals surface area contributed by atoms with E-state index in [1.54, 1.807) is 4.90 Å². The number of hydrogen-bond donors (Lipinski definition) is 2. The van der Waals surface area contributed by atoms with Crippen molar-refractivity contribution >= 4 is 39.7 Å². The molecule has 2 atom stereocenters. The van der Waals surface area contributed by atoms with E-state index in [1.165, 1.54) is 18.5 Å². The first kappa shape index (κ1) is 18.4. The van der Waals surface area contributed by atoms with E-state index in [0.29, 0.717) is 23.9 Å². The van der Waals surface area contributed by atoms with Gasteiger partial charge < -0.3 is 10.6 Å². The Labute approximate surface area is 135 Å². The van der Waals surface area contributed by atoms with Crippen molar-refractivity contribution in [2.45, 2.75) is 24.3 Å². The van der Waals surface area contributed by atoms with Crippen LogP contribution in [-0.4, -0.2) is 45.4 Å². The lowest BCUT2D eigenvalue weighted by molar-refractivity contribution is 0.0748. The maximum Gasteiger partial charge on any atom is 0.264 e. The summed E-state index contributed by atoms with van der Waals surface area (Å²) in [6.45, 7) is 3.20. The number of likely N-dealkylation sites (tertiary alicyclic amines) is 1. The zero-order valence-electron chi connectivity index (χ0n) is 11.9. The van der Waals surface area contributed by atoms with Gasteiger partial charge in [0.25, 0.3) is 5.91 Å². The predicted octanol–water partition coefficient (Wildman–Crippen LogP) is 0.887. The Morgan fingerprint density at radius 3 is 2.76 bits per heavy atom. The van der Waals surface area contributed by atoms with Crippen LogP contribution in [0.1, 0.15) is 23.0 Å². The number of carbonyl (C=O) groups is 1. The minimum atomic E-state index is -3.49. The number of nitrogens with zero attached hydrogens (tertiary/aromatic N) is 1. The monoisotopic (exact) mass is 353 g/mol. The van der Waals surface area contributed by atoms with Gasteiger partial charge in [0.2, 0.25) is 10.0 Å². The van der Waals surface area contributed by atoms with Crippen LogP contribution in [0.25, 0.3) is 0 Å². The fraction of sp³-hybridized carbons (Fsp3) is 0.583. The first-order chi connectivity index (χ1) is 9.39. The third-order valence-electron chi connectivity index (χ3n) is 3.62. The second-order valence-electron chi connectivity index (χ2n) is 5.00. The van der Waals surface area contributed by atoms with Crippen molar-refractivity contribution in [3.05, 3.63) is 16.3 Å². The number of amides is 1. The first-order valence-electron chi connectivity index (χ1n) is 6.42. The molecule has 1 aliphatic rings. The molecule has 0 spiro atoms. The van der Waals surface area contributed by atoms with E-state index in [-0.39, 0.29) is 29.3 Å². The van der Waals surface area contributed by atoms with Crippen molar-refractivity contribution in [3.8, 4) is 0 Å². The summed E-state index contributed by atoms with van der Waals surface area (Å²) in [4.78, 5) is 14.8. The van der Waals surface area contributed by atoms with Crippen molar-refractivity contribution in [2.24, 2.45) is 11.7 Å². The zero-order valence-corrected chi connectivity index (χ0v) is 14.4. The number of thiophene rings is 1. The smallest absolute Gasteiger partial charge is 0.264 e. The second kappa shape index (κ2) is 7.06. The van der Waals surface area contributed by atoms with Gasteiger partial charge >= 0.3 is 0 Å². The SMILES string of the molecule is CNS(=O)(=O)c1csc(C(=O)N2CC(CN)CC2C)c1.Cl. The van der Waals surface area contributed by atoms with Gasteiger partial charge in [-0.25, -0.2) is 13.1 Å². The van der Waals surface area contributed by atoms with Crippen LogP contribution in [0, 0.1) is 5.92 Å². The lowest BCUT2D eigenvalue weighted by Gasteiger charge is -2.20. The van der Waals surface area contributed by atoms with Crippen LogP contribution in [0.4, 0.5) is 0 Å². The van der Waals surface area contributed by atoms with Crippen LogP contribution >= 0.6 is 23.7 Å². The van der Waals surface area contributed by atoms with Crippen molar-refractivity contribution < 1.29 is 13.2 Å². The average molecular weight is 354 g/mol. The van der Waals surface area contributed by atoms with E-state index < -0.39 is 10.0 Å². The van der Waals surface area contributed by atoms with E-state index in [4.69, 9.17) is 5.73 Å². The Bertz CT molecular complexity index is 603. The number of carbonyl (C=O) groups excluding carboxylic acids is 1. The molecule has 1 saturated heterocycles. The van der Waals surface area contributed by atoms with Crippen LogP contribution in [0.5, 0.6) is 0 Å². The Morgan fingerprint density at radius 1 is 1.57 bits per heavy atom. The number of nitrogens with two attached hydrogens (primary N) is 1. The van der Waals surface area contributed by atoms with Gasteiger partial charge in [-0.3, -0.25) is 4.79 Å². The molecule has 3 N–H and O–H groups in total. The Morgan fingerprint density at radius 2 is 2.24 bits per heavy atom. The molecule has 120 valence electrons. The van der Waals surface area contributed by atoms with Crippen LogP contribution in [0.15, 0.2) is 16.3 Å². The standard InChI is InChI=1S/C12H19N3O3S2.ClH/c1-8-3-9(5-13)6-15(8)12(16)11-4-10(7-19-11)20(17,18)14-2;/h4,7-9,14H,3,5-6,13H2,1-2H3;1H. The molecule has 1 amide bonds. The highest BCUT2D eigenvalue weighted by molar-refractivity contribution is 7.89. The molecule has 2 heterocycles. The molecular weight excluding hydrogens is 334 g/mol. The summed E-state index contributed by atoms with van der Waals surface area (Å²) in [5, 5.41) is 1.49. The molecule has 2 rings (SSSR count). The summed E-state index contributed by atoms with van der Waals surface area (Å²) in [6, 6.07) is 1.57. The molecule has 21 heavy (non-hydrogen) atoms. The molecule has 1 aliphatic heterocycles. The van der Waals surface area contributed by atoms with E-state index in [1.807, 2.05) is 6.92 Å². The van der Waals surface area contributed by atoms with Crippen molar-refractivity contribution in [2.75, 3.05) is 20.1 Å². The minimum Gasteiger partial charge on any atom is -0.335 e. The number of sulfonamides is 1. The molecule has 2 unspecified atom stereocenters. The fourth-order valence-corrected chi connectivity index (χ4v) is 4.39. The normalized spacial score (nSPS) is 22.1. The molecule has 0 aliphatic carbocycles. The van der Waals surface area contributed by atoms with Crippen LogP contribution in [-0.2, 0) is 10.0 Å². The van der Waals surface area contributed by atoms with E-state index in [9.17, 15) is 13.2 Å². The molecule has 0 bridgehead atoms. The Balaban J connectivity index is 0.00000220. The predicted molar refractivity (Wildman–Crippen MR) is 85.5 cm³/mol. The van der Waals surface area contributed by atoms with Gasteiger partial charge in [0.05, 0.1) is 9.77 Å². The van der Waals surface area contributed by atoms with Crippen molar-refractivity contribution in [1.82, 2.24) is 9.62 Å². The maximum atomic E-state index is 12.4. The van der Waals surface area contributed by atoms with Crippen molar-refractivity contribution in [3.63, 3.8) is 0 Å². The molecule has 1 fully saturated rings. The summed E-state index contributed by atoms with van der Waals surface area (Å²) >= 11 is 1.16. The first-order valence-corrected chi connectivity index (χ1v) is 8.78. The fourth-order valence-electron chi connectivity index (χ4n) is 2.43. The summed E-state index contributed by atoms with van der Waals surface area (Å²) in [5.41, 5.74) is 5.65. The van der Waals surface area contributed by atoms with Crippen molar-refractivity contribution in [1.29, 1.82) is 0 Å². The van der Waals surface area contributed by atoms with Gasteiger partial charge in [-0.2, -0.15) is 0 Å². The largest absolute Gasteiger partial charge is 0.335 e. The maximum absolute atomic E-state index is 12.4. The van der Waals surface area contributed by atoms with E-state index in [2.05, 4.69) is 4.72 Å². The van der Waals surface area contributed by atoms with E-state index >= 15 is 0 Å². The number of halogens is 1. The molecule has 0 saturated carbocycles. The molecular formula is C12H20ClN3O3S2. The van der Waals surface area contributed by atoms with Crippen LogP contribution in [0.2, 0.25) is 0 Å². The molecule has 1 aromatic heterocycles. The third kappa shape index (κ3) is 3.75. The van der Waals surface area contributed by atoms with Gasteiger partial charge in [-0.15, -0.1) is 23.7 Å². The van der Waals surface area contributed by atoms with Gasteiger partial charge in [-0.05, 0) is 38.9 Å². The van der Waals surface area contributed by atoms with Gasteiger partial charge in [0.15, 0.2) is 0 Å². The lowest BCUT2D eigenvalue weighted by atomic mass is 10.1. The lowest BCUT2D eigenvalue weighted by Crippen LogP contribution is -2.34. The summed E-state index contributed by atoms with van der Waals surface area (Å²) < 4.78 is 25.6. The Hall–Kier alpha value is -0.670. The van der Waals surface area contributed by atoms with Gasteiger partial charge in [0, 0.05) is 18.0 Å². The average Bonchev–Trinajstić information content (AvgIpc) is 3.04. The quantitative estimate of drug-likeness (QED) is 0.840. The summed E-state index contributed by atoms with van der Waals surface area (Å²) in [6.07, 6.45) is 0.898. The molecule has 9 heteroatoms. The molecule has 6 nitrogen and oxygen atoms in total. The minimum absolute atomic E-state index is 0. The number of nitrogens with one attached hydrogen (secondary N) is 1. The molecule has 1 aromatic rings. The van der Waals surface area contributed by atoms with E-state index in [0.717, 1.165) is 17.8 Å². The van der Waals surface area contributed by atoms with Gasteiger partial charge in [0.1, 0.15) is 0 Å². The highest BCUT2D eigenvalue weighted by Gasteiger charge is 2.33. The zero-order chi connectivity index (χ0) is 14.9. The third-order valence-corrected chi connectivity index (χ3v) is 6.08. The summed E-state index contributed by atoms with van der Waals surface area (Å²) in [7, 11) is -2.14. The van der Waals surface area contributed by atoms with Crippen LogP contribution < -0.4 is 10.5 Å². The van der Waals surface area contributed by atoms with Crippen LogP contribution in [0.3, 0.4) is 0 Å². The molecule has 0 radical (unpaired) electrons. The topological polar surface area (TPSA) is 92.5 Å². The number of hydrogen-bond acceptors (Lipinski definition) is 5. The second-order valence-corrected chi connectivity index (χ2v) is 7.80. The highest BCUT2D eigenvalue weighted by atomic mass is 35.5. The van der Waals surface area contributed by atoms with Gasteiger partial charge in [-0.1, -0.05) is 0 Å². The molecule has 0 aromatic carbocycles. The Kier molecular flexibility index (Phi) is 6.18. The number of rotatable bonds is 4. The summed E-state index contributed by atoms with van der Waals surface area (Å²) in [5.74, 6) is 0.213.